The molecule has 0 aliphatic rings. The van der Waals surface area contributed by atoms with E-state index in [4.69, 9.17) is 15.7 Å². The van der Waals surface area contributed by atoms with Gasteiger partial charge in [0.05, 0.1) is 43.3 Å². The van der Waals surface area contributed by atoms with E-state index in [9.17, 15) is 34.6 Å². The molecular formula is C46H37N9O7. The molecule has 0 unspecified atom stereocenters. The van der Waals surface area contributed by atoms with Crippen LogP contribution >= 0.6 is 0 Å². The Morgan fingerprint density at radius 3 is 1.37 bits per heavy atom. The number of fused-ring (bicyclic) bond motifs is 4. The topological polar surface area (TPSA) is 237 Å². The van der Waals surface area contributed by atoms with Gasteiger partial charge in [0.2, 0.25) is 5.91 Å². The second-order valence-corrected chi connectivity index (χ2v) is 14.5. The molecule has 16 heteroatoms. The van der Waals surface area contributed by atoms with E-state index in [0.717, 1.165) is 27.6 Å². The number of hydrogen-bond acceptors (Lipinski definition) is 11. The van der Waals surface area contributed by atoms with Crippen LogP contribution < -0.4 is 27.0 Å². The summed E-state index contributed by atoms with van der Waals surface area (Å²) in [5, 5.41) is 39.3. The van der Waals surface area contributed by atoms with Gasteiger partial charge >= 0.3 is 0 Å². The number of pyridine rings is 2. The van der Waals surface area contributed by atoms with Crippen LogP contribution in [0.3, 0.4) is 0 Å². The van der Waals surface area contributed by atoms with Gasteiger partial charge in [-0.3, -0.25) is 34.6 Å². The molecule has 0 aliphatic heterocycles. The van der Waals surface area contributed by atoms with Gasteiger partial charge in [-0.15, -0.1) is 0 Å². The SMILES string of the molecule is NC(=O)[C@@H](CCCCNC(=O)c1ccc(Nc2c3ccccc3nc3ccccc23)c([N+](=O)[O-])c1)NC(=O)c1ccc(Nc2c3ccccc3nc3ccccc23)c([N+](=O)[O-])c1. The molecule has 2 aromatic heterocycles. The number of anilines is 4. The van der Waals surface area contributed by atoms with Gasteiger partial charge in [-0.2, -0.15) is 0 Å². The molecule has 308 valence electrons. The summed E-state index contributed by atoms with van der Waals surface area (Å²) in [4.78, 5) is 71.6. The summed E-state index contributed by atoms with van der Waals surface area (Å²) in [6, 6.07) is 36.8. The monoisotopic (exact) mass is 827 g/mol. The fourth-order valence-corrected chi connectivity index (χ4v) is 7.38. The Labute approximate surface area is 352 Å². The number of benzene rings is 6. The van der Waals surface area contributed by atoms with Gasteiger partial charge in [0, 0.05) is 51.3 Å². The zero-order valence-electron chi connectivity index (χ0n) is 32.8. The van der Waals surface area contributed by atoms with Crippen molar-refractivity contribution in [3.05, 3.63) is 165 Å². The molecule has 0 saturated heterocycles. The molecule has 16 nitrogen and oxygen atoms in total. The number of amides is 3. The van der Waals surface area contributed by atoms with Crippen molar-refractivity contribution in [2.45, 2.75) is 25.3 Å². The molecule has 6 aromatic carbocycles. The van der Waals surface area contributed by atoms with E-state index in [1.807, 2.05) is 97.1 Å². The molecule has 6 N–H and O–H groups in total. The van der Waals surface area contributed by atoms with Gasteiger partial charge in [0.15, 0.2) is 0 Å². The Hall–Kier alpha value is -8.53. The third-order valence-electron chi connectivity index (χ3n) is 10.5. The van der Waals surface area contributed by atoms with Crippen LogP contribution in [-0.4, -0.2) is 50.1 Å². The molecule has 1 atom stereocenters. The molecule has 0 saturated carbocycles. The smallest absolute Gasteiger partial charge is 0.293 e. The maximum absolute atomic E-state index is 13.3. The van der Waals surface area contributed by atoms with Gasteiger partial charge in [-0.1, -0.05) is 72.8 Å². The fraction of sp³-hybridized carbons (Fsp3) is 0.109. The van der Waals surface area contributed by atoms with Crippen molar-refractivity contribution < 1.29 is 24.2 Å². The van der Waals surface area contributed by atoms with Crippen molar-refractivity contribution in [2.24, 2.45) is 5.73 Å². The summed E-state index contributed by atoms with van der Waals surface area (Å²) in [7, 11) is 0. The highest BCUT2D eigenvalue weighted by Crippen LogP contribution is 2.38. The quantitative estimate of drug-likeness (QED) is 0.0284. The number of nitro benzene ring substituents is 2. The Morgan fingerprint density at radius 2 is 0.968 bits per heavy atom. The summed E-state index contributed by atoms with van der Waals surface area (Å²) in [6.07, 6.45) is 0.840. The number of carbonyl (C=O) groups is 3. The lowest BCUT2D eigenvalue weighted by Crippen LogP contribution is -2.44. The van der Waals surface area contributed by atoms with E-state index in [0.29, 0.717) is 46.3 Å². The molecule has 3 amide bonds. The van der Waals surface area contributed by atoms with Crippen molar-refractivity contribution in [3.63, 3.8) is 0 Å². The Kier molecular flexibility index (Phi) is 11.3. The van der Waals surface area contributed by atoms with Crippen LogP contribution in [0.15, 0.2) is 133 Å². The van der Waals surface area contributed by atoms with E-state index in [2.05, 4.69) is 21.3 Å². The van der Waals surface area contributed by atoms with Crippen LogP contribution in [0.5, 0.6) is 0 Å². The number of hydrogen-bond donors (Lipinski definition) is 5. The van der Waals surface area contributed by atoms with Gasteiger partial charge in [-0.05, 0) is 67.8 Å². The molecule has 0 radical (unpaired) electrons. The lowest BCUT2D eigenvalue weighted by Gasteiger charge is -2.16. The summed E-state index contributed by atoms with van der Waals surface area (Å²) in [6.45, 7) is 0.157. The second kappa shape index (κ2) is 17.4. The normalized spacial score (nSPS) is 11.6. The van der Waals surface area contributed by atoms with Crippen LogP contribution in [0.25, 0.3) is 43.6 Å². The largest absolute Gasteiger partial charge is 0.368 e. The minimum atomic E-state index is -1.11. The number of nitrogens with one attached hydrogen (secondary N) is 4. The van der Waals surface area contributed by atoms with Gasteiger partial charge < -0.3 is 27.0 Å². The molecule has 0 spiro atoms. The maximum atomic E-state index is 13.3. The van der Waals surface area contributed by atoms with Crippen molar-refractivity contribution in [2.75, 3.05) is 17.2 Å². The van der Waals surface area contributed by atoms with E-state index >= 15 is 0 Å². The third-order valence-corrected chi connectivity index (χ3v) is 10.5. The second-order valence-electron chi connectivity index (χ2n) is 14.5. The van der Waals surface area contributed by atoms with E-state index in [1.165, 1.54) is 30.3 Å². The summed E-state index contributed by atoms with van der Waals surface area (Å²) >= 11 is 0. The molecule has 8 aromatic rings. The average Bonchev–Trinajstić information content (AvgIpc) is 3.28. The highest BCUT2D eigenvalue weighted by atomic mass is 16.6. The molecular weight excluding hydrogens is 791 g/mol. The van der Waals surface area contributed by atoms with Crippen molar-refractivity contribution in [1.29, 1.82) is 0 Å². The minimum absolute atomic E-state index is 0.0528. The third kappa shape index (κ3) is 8.33. The number of nitrogens with zero attached hydrogens (tertiary/aromatic N) is 4. The molecule has 0 aliphatic carbocycles. The first-order valence-electron chi connectivity index (χ1n) is 19.6. The Bertz CT molecular complexity index is 3000. The Morgan fingerprint density at radius 1 is 0.565 bits per heavy atom. The van der Waals surface area contributed by atoms with Crippen molar-refractivity contribution in [1.82, 2.24) is 20.6 Å². The zero-order chi connectivity index (χ0) is 43.3. The standard InChI is InChI=1S/C46H37N9O7/c47-44(56)39(53-46(58)28-21-23-38(41(26-28)55(61)62)52-43-31-13-3-7-17-35(31)50-36-18-8-4-14-32(36)43)19-9-10-24-48-45(57)27-20-22-37(40(25-27)54(59)60)51-42-29-11-1-5-15-33(29)49-34-16-6-2-12-30(34)42/h1-8,11-18,20-23,25-26,39H,9-10,19,24H2,(H2,47,56)(H,48,57)(H,49,51)(H,50,52)(H,53,58)/t39-/m1/s1. The number of nitro groups is 2. The maximum Gasteiger partial charge on any atom is 0.293 e. The number of para-hydroxylation sites is 4. The van der Waals surface area contributed by atoms with E-state index < -0.39 is 33.6 Å². The first-order valence-corrected chi connectivity index (χ1v) is 19.6. The summed E-state index contributed by atoms with van der Waals surface area (Å²) in [5.74, 6) is -2.08. The number of aromatic nitrogens is 2. The molecule has 2 heterocycles. The molecule has 0 fully saturated rings. The number of rotatable bonds is 15. The lowest BCUT2D eigenvalue weighted by atomic mass is 10.1. The highest BCUT2D eigenvalue weighted by molar-refractivity contribution is 6.10. The van der Waals surface area contributed by atoms with E-state index in [1.54, 1.807) is 0 Å². The number of primary amides is 1. The lowest BCUT2D eigenvalue weighted by molar-refractivity contribution is -0.384. The number of nitrogens with two attached hydrogens (primary N) is 1. The van der Waals surface area contributed by atoms with Crippen LogP contribution in [0.1, 0.15) is 40.0 Å². The molecule has 0 bridgehead atoms. The number of carbonyl (C=O) groups excluding carboxylic acids is 3. The van der Waals surface area contributed by atoms with Crippen molar-refractivity contribution in [3.8, 4) is 0 Å². The predicted molar refractivity (Wildman–Crippen MR) is 238 cm³/mol. The fourth-order valence-electron chi connectivity index (χ4n) is 7.38. The molecule has 8 rings (SSSR count). The van der Waals surface area contributed by atoms with Crippen LogP contribution in [0.4, 0.5) is 34.1 Å². The zero-order valence-corrected chi connectivity index (χ0v) is 32.8. The molecule has 62 heavy (non-hydrogen) atoms. The average molecular weight is 828 g/mol. The van der Waals surface area contributed by atoms with Gasteiger partial charge in [-0.25, -0.2) is 9.97 Å². The van der Waals surface area contributed by atoms with E-state index in [-0.39, 0.29) is 46.8 Å². The van der Waals surface area contributed by atoms with Crippen LogP contribution in [0, 0.1) is 20.2 Å². The van der Waals surface area contributed by atoms with Crippen molar-refractivity contribution >= 4 is 95.5 Å². The summed E-state index contributed by atoms with van der Waals surface area (Å²) in [5.41, 5.74) is 9.42. The van der Waals surface area contributed by atoms with Crippen LogP contribution in [-0.2, 0) is 4.79 Å². The minimum Gasteiger partial charge on any atom is -0.368 e. The van der Waals surface area contributed by atoms with Gasteiger partial charge in [0.1, 0.15) is 17.4 Å². The number of unbranched alkanes of at least 4 members (excludes halogenated alkanes) is 1. The summed E-state index contributed by atoms with van der Waals surface area (Å²) < 4.78 is 0. The van der Waals surface area contributed by atoms with Crippen LogP contribution in [0.2, 0.25) is 0 Å². The Balaban J connectivity index is 0.893. The predicted octanol–water partition coefficient (Wildman–Crippen LogP) is 8.58. The van der Waals surface area contributed by atoms with Gasteiger partial charge in [0.25, 0.3) is 23.2 Å². The first-order chi connectivity index (χ1) is 30.0. The first kappa shape index (κ1) is 40.3. The highest BCUT2D eigenvalue weighted by Gasteiger charge is 2.24.